The van der Waals surface area contributed by atoms with Crippen LogP contribution in [0.3, 0.4) is 0 Å². The quantitative estimate of drug-likeness (QED) is 0.0690. The zero-order valence-corrected chi connectivity index (χ0v) is 38.8. The Bertz CT molecular complexity index is 1780. The highest BCUT2D eigenvalue weighted by atomic mass is 16.7. The Balaban J connectivity index is 1.03. The van der Waals surface area contributed by atoms with Gasteiger partial charge in [-0.2, -0.15) is 0 Å². The zero-order valence-electron chi connectivity index (χ0n) is 38.8. The zero-order chi connectivity index (χ0) is 48.1. The van der Waals surface area contributed by atoms with Gasteiger partial charge >= 0.3 is 5.97 Å². The number of rotatable bonds is 10. The minimum absolute atomic E-state index is 0.0404. The highest BCUT2D eigenvalue weighted by Crippen LogP contribution is 2.76. The largest absolute Gasteiger partial charge is 0.432 e. The van der Waals surface area contributed by atoms with E-state index in [4.69, 9.17) is 28.4 Å². The fraction of sp³-hybridized carbons (Fsp3) is 0.936. The average molecular weight is 945 g/mol. The Labute approximate surface area is 385 Å². The molecule has 378 valence electrons. The SMILES string of the molecule is C[C@]1(CO)CC[C@]2(C(=O)O[C@@H]3O[C@H](CO)[C@@H](O)[C@H](O)[C@H]3O)CC[C@]3(C)C(=CC[C@@H]4[C@@]5(C)CC[C@H](O[C@@H]6OC[C@H](O)[C@H](O[C@@H]7O[C@H](CO)[C@@H](O)[C@H](O)[C@H]7O)[C@H]6O)[C@@](C)(CO)[C@@H]5CC[C@]43C)[C@@H]2C1. The second-order valence-electron chi connectivity index (χ2n) is 22.7. The molecule has 5 aliphatic carbocycles. The first kappa shape index (κ1) is 50.9. The smallest absolute Gasteiger partial charge is 0.315 e. The van der Waals surface area contributed by atoms with Gasteiger partial charge in [-0.25, -0.2) is 0 Å². The van der Waals surface area contributed by atoms with Crippen LogP contribution in [0.25, 0.3) is 0 Å². The summed E-state index contributed by atoms with van der Waals surface area (Å²) in [4.78, 5) is 14.7. The summed E-state index contributed by atoms with van der Waals surface area (Å²) >= 11 is 0. The monoisotopic (exact) mass is 944 g/mol. The maximum Gasteiger partial charge on any atom is 0.315 e. The number of esters is 1. The van der Waals surface area contributed by atoms with Crippen molar-refractivity contribution in [2.24, 2.45) is 50.2 Å². The van der Waals surface area contributed by atoms with Gasteiger partial charge in [-0.15, -0.1) is 0 Å². The molecule has 24 atom stereocenters. The first-order valence-electron chi connectivity index (χ1n) is 24.1. The number of carbonyl (C=O) groups excluding carboxylic acids is 1. The first-order chi connectivity index (χ1) is 31.0. The molecule has 0 amide bonds. The van der Waals surface area contributed by atoms with Gasteiger partial charge in [0.05, 0.1) is 37.9 Å². The molecule has 12 N–H and O–H groups in total. The first-order valence-corrected chi connectivity index (χ1v) is 24.1. The van der Waals surface area contributed by atoms with E-state index < -0.39 is 128 Å². The molecule has 0 aromatic rings. The molecule has 0 aromatic heterocycles. The van der Waals surface area contributed by atoms with E-state index in [0.717, 1.165) is 24.8 Å². The Kier molecular flexibility index (Phi) is 14.1. The lowest BCUT2D eigenvalue weighted by Gasteiger charge is -2.71. The number of allylic oxidation sites excluding steroid dienone is 2. The van der Waals surface area contributed by atoms with Crippen LogP contribution in [0, 0.1) is 50.2 Å². The van der Waals surface area contributed by atoms with Gasteiger partial charge in [0.25, 0.3) is 0 Å². The van der Waals surface area contributed by atoms with Crippen molar-refractivity contribution in [3.8, 4) is 0 Å². The maximum atomic E-state index is 14.7. The van der Waals surface area contributed by atoms with Crippen LogP contribution in [0.2, 0.25) is 0 Å². The lowest BCUT2D eigenvalue weighted by atomic mass is 9.33. The molecular weight excluding hydrogens is 868 g/mol. The van der Waals surface area contributed by atoms with Crippen LogP contribution in [0.1, 0.15) is 98.8 Å². The number of aliphatic hydroxyl groups is 12. The summed E-state index contributed by atoms with van der Waals surface area (Å²) in [6.45, 7) is 9.08. The lowest BCUT2D eigenvalue weighted by molar-refractivity contribution is -0.358. The molecule has 0 aromatic carbocycles. The summed E-state index contributed by atoms with van der Waals surface area (Å²) < 4.78 is 35.3. The van der Waals surface area contributed by atoms with Gasteiger partial charge in [0.1, 0.15) is 67.1 Å². The lowest BCUT2D eigenvalue weighted by Crippen LogP contribution is -2.67. The number of carbonyl (C=O) groups is 1. The molecule has 4 saturated carbocycles. The number of hydrogen-bond donors (Lipinski definition) is 12. The fourth-order valence-corrected chi connectivity index (χ4v) is 14.8. The van der Waals surface area contributed by atoms with Gasteiger partial charge in [-0.05, 0) is 104 Å². The predicted molar refractivity (Wildman–Crippen MR) is 227 cm³/mol. The fourth-order valence-electron chi connectivity index (χ4n) is 14.8. The van der Waals surface area contributed by atoms with Crippen molar-refractivity contribution in [2.75, 3.05) is 33.0 Å². The van der Waals surface area contributed by atoms with E-state index in [-0.39, 0.29) is 53.8 Å². The van der Waals surface area contributed by atoms with Crippen LogP contribution >= 0.6 is 0 Å². The van der Waals surface area contributed by atoms with E-state index >= 15 is 0 Å². The summed E-state index contributed by atoms with van der Waals surface area (Å²) in [5.74, 6) is -0.785. The Morgan fingerprint density at radius 1 is 0.667 bits per heavy atom. The molecule has 66 heavy (non-hydrogen) atoms. The van der Waals surface area contributed by atoms with Gasteiger partial charge < -0.3 is 89.7 Å². The Hall–Kier alpha value is -1.47. The molecule has 3 saturated heterocycles. The number of fused-ring (bicyclic) bond motifs is 7. The second kappa shape index (κ2) is 18.3. The number of aliphatic hydroxyl groups excluding tert-OH is 12. The van der Waals surface area contributed by atoms with Gasteiger partial charge in [-0.1, -0.05) is 46.3 Å². The van der Waals surface area contributed by atoms with Gasteiger partial charge in [0.15, 0.2) is 12.6 Å². The van der Waals surface area contributed by atoms with Crippen LogP contribution in [0.4, 0.5) is 0 Å². The van der Waals surface area contributed by atoms with Crippen LogP contribution in [0.15, 0.2) is 11.6 Å². The van der Waals surface area contributed by atoms with Crippen molar-refractivity contribution in [2.45, 2.75) is 191 Å². The molecule has 0 unspecified atom stereocenters. The standard InChI is InChI=1S/C47H76O19/c1-42(20-50)12-14-47(41(60)66-40-35(58)33(56)31(54)26(18-49)63-40)15-13-45(4)22(23(47)16-42)6-7-28-43(2)10-9-29(44(3,21-51)27(43)8-11-46(28,45)5)64-38-36(59)37(24(52)19-61-38)65-39-34(57)32(55)30(53)25(17-48)62-39/h6,23-40,48-59H,7-21H2,1-5H3/t23-,24-,25+,26+,27+,28+,29-,30+,31+,32-,33-,34+,35+,36+,37-,38-,39-,40-,42-,43-,44-,45+,46+,47-/m0/s1. The van der Waals surface area contributed by atoms with Gasteiger partial charge in [0.2, 0.25) is 6.29 Å². The van der Waals surface area contributed by atoms with Crippen LogP contribution in [-0.4, -0.2) is 192 Å². The Morgan fingerprint density at radius 3 is 1.91 bits per heavy atom. The normalized spacial score (nSPS) is 55.1. The molecule has 0 spiro atoms. The van der Waals surface area contributed by atoms with E-state index in [1.165, 1.54) is 0 Å². The van der Waals surface area contributed by atoms with Gasteiger partial charge in [0, 0.05) is 12.0 Å². The highest BCUT2D eigenvalue weighted by molar-refractivity contribution is 5.79. The summed E-state index contributed by atoms with van der Waals surface area (Å²) in [5.41, 5.74) is -2.08. The number of ether oxygens (including phenoxy) is 6. The molecule has 8 aliphatic rings. The van der Waals surface area contributed by atoms with Crippen molar-refractivity contribution >= 4 is 5.97 Å². The molecule has 19 heteroatoms. The van der Waals surface area contributed by atoms with Crippen LogP contribution in [-0.2, 0) is 33.2 Å². The van der Waals surface area contributed by atoms with Crippen molar-refractivity contribution in [3.05, 3.63) is 11.6 Å². The molecule has 19 nitrogen and oxygen atoms in total. The predicted octanol–water partition coefficient (Wildman–Crippen LogP) is -1.28. The van der Waals surface area contributed by atoms with E-state index in [1.807, 2.05) is 13.8 Å². The van der Waals surface area contributed by atoms with Gasteiger partial charge in [-0.3, -0.25) is 4.79 Å². The summed E-state index contributed by atoms with van der Waals surface area (Å²) in [7, 11) is 0. The van der Waals surface area contributed by atoms with Crippen molar-refractivity contribution in [1.82, 2.24) is 0 Å². The molecule has 0 bridgehead atoms. The minimum atomic E-state index is -1.76. The second-order valence-corrected chi connectivity index (χ2v) is 22.7. The highest BCUT2D eigenvalue weighted by Gasteiger charge is 2.71. The minimum Gasteiger partial charge on any atom is -0.432 e. The van der Waals surface area contributed by atoms with Crippen molar-refractivity contribution < 1.29 is 94.5 Å². The number of hydrogen-bond acceptors (Lipinski definition) is 19. The molecule has 0 radical (unpaired) electrons. The van der Waals surface area contributed by atoms with E-state index in [0.29, 0.717) is 44.9 Å². The van der Waals surface area contributed by atoms with Crippen molar-refractivity contribution in [3.63, 3.8) is 0 Å². The summed E-state index contributed by atoms with van der Waals surface area (Å²) in [6, 6.07) is 0. The Morgan fingerprint density at radius 2 is 1.29 bits per heavy atom. The summed E-state index contributed by atoms with van der Waals surface area (Å²) in [5, 5.41) is 127. The van der Waals surface area contributed by atoms with Crippen LogP contribution in [0.5, 0.6) is 0 Å². The van der Waals surface area contributed by atoms with E-state index in [1.54, 1.807) is 0 Å². The third-order valence-corrected chi connectivity index (χ3v) is 19.3. The topological polar surface area (TPSA) is 315 Å². The van der Waals surface area contributed by atoms with Crippen LogP contribution < -0.4 is 0 Å². The molecule has 3 heterocycles. The summed E-state index contributed by atoms with van der Waals surface area (Å²) in [6.07, 6.45) is -13.8. The third kappa shape index (κ3) is 7.77. The maximum absolute atomic E-state index is 14.7. The molecular formula is C47H76O19. The van der Waals surface area contributed by atoms with Crippen molar-refractivity contribution in [1.29, 1.82) is 0 Å². The molecule has 8 rings (SSSR count). The molecule has 7 fully saturated rings. The average Bonchev–Trinajstić information content (AvgIpc) is 3.29. The third-order valence-electron chi connectivity index (χ3n) is 19.3. The van der Waals surface area contributed by atoms with E-state index in [2.05, 4.69) is 26.8 Å². The van der Waals surface area contributed by atoms with E-state index in [9.17, 15) is 66.1 Å². The molecule has 3 aliphatic heterocycles.